The second-order valence-corrected chi connectivity index (χ2v) is 11.8. The third-order valence-corrected chi connectivity index (χ3v) is 4.76. The lowest BCUT2D eigenvalue weighted by Gasteiger charge is -2.28. The molecule has 0 spiro atoms. The van der Waals surface area contributed by atoms with Crippen molar-refractivity contribution in [2.45, 2.75) is 25.7 Å². The predicted molar refractivity (Wildman–Crippen MR) is 101 cm³/mol. The number of carbonyl (C=O) groups is 1. The molecule has 2 rings (SSSR count). The fourth-order valence-electron chi connectivity index (χ4n) is 2.23. The fraction of sp³-hybridized carbons (Fsp3) is 0.211. The molecule has 2 aromatic carbocycles. The molecule has 0 fully saturated rings. The van der Waals surface area contributed by atoms with Crippen LogP contribution in [0.2, 0.25) is 19.6 Å². The quantitative estimate of drug-likeness (QED) is 0.356. The number of rotatable bonds is 6. The van der Waals surface area contributed by atoms with Crippen LogP contribution < -0.4 is 0 Å². The number of ketones is 1. The van der Waals surface area contributed by atoms with Crippen LogP contribution >= 0.6 is 15.9 Å². The van der Waals surface area contributed by atoms with Crippen molar-refractivity contribution in [3.8, 4) is 0 Å². The summed E-state index contributed by atoms with van der Waals surface area (Å²) in [6, 6.07) is 17.1. The van der Waals surface area contributed by atoms with Crippen LogP contribution in [0.1, 0.15) is 22.0 Å². The van der Waals surface area contributed by atoms with Crippen LogP contribution in [0.5, 0.6) is 0 Å². The second-order valence-electron chi connectivity index (χ2n) is 6.38. The van der Waals surface area contributed by atoms with E-state index in [2.05, 4.69) is 42.1 Å². The van der Waals surface area contributed by atoms with E-state index in [0.29, 0.717) is 11.1 Å². The van der Waals surface area contributed by atoms with Gasteiger partial charge in [-0.25, -0.2) is 0 Å². The average Bonchev–Trinajstić information content (AvgIpc) is 2.52. The fourth-order valence-corrected chi connectivity index (χ4v) is 3.48. The molecule has 0 aliphatic heterocycles. The topological polar surface area (TPSA) is 26.3 Å². The molecule has 120 valence electrons. The van der Waals surface area contributed by atoms with Gasteiger partial charge in [0.25, 0.3) is 0 Å². The minimum Gasteiger partial charge on any atom is -0.407 e. The molecular formula is C19H21BrO2Si. The lowest BCUT2D eigenvalue weighted by molar-refractivity contribution is 0.0995. The summed E-state index contributed by atoms with van der Waals surface area (Å²) in [5, 5.41) is 0. The van der Waals surface area contributed by atoms with Gasteiger partial charge in [-0.2, -0.15) is 0 Å². The summed E-state index contributed by atoms with van der Waals surface area (Å²) in [6.45, 7) is 10.4. The summed E-state index contributed by atoms with van der Waals surface area (Å²) in [7, 11) is -1.84. The third kappa shape index (κ3) is 4.99. The Kier molecular flexibility index (Phi) is 5.73. The number of hydrogen-bond donors (Lipinski definition) is 0. The Morgan fingerprint density at radius 3 is 2.13 bits per heavy atom. The molecule has 0 N–H and O–H groups in total. The lowest BCUT2D eigenvalue weighted by Crippen LogP contribution is -2.30. The minimum atomic E-state index is -1.84. The van der Waals surface area contributed by atoms with E-state index in [4.69, 9.17) is 4.43 Å². The molecule has 0 saturated carbocycles. The molecule has 0 aliphatic carbocycles. The maximum atomic E-state index is 12.8. The normalized spacial score (nSPS) is 12.7. The van der Waals surface area contributed by atoms with Gasteiger partial charge in [0.05, 0.1) is 6.10 Å². The molecule has 0 amide bonds. The Bertz CT molecular complexity index is 688. The van der Waals surface area contributed by atoms with Gasteiger partial charge < -0.3 is 4.43 Å². The van der Waals surface area contributed by atoms with Crippen LogP contribution in [0.25, 0.3) is 0 Å². The lowest BCUT2D eigenvalue weighted by atomic mass is 9.96. The molecule has 2 aromatic rings. The highest BCUT2D eigenvalue weighted by atomic mass is 79.9. The monoisotopic (exact) mass is 388 g/mol. The Balaban J connectivity index is 2.33. The second kappa shape index (κ2) is 7.38. The van der Waals surface area contributed by atoms with Crippen molar-refractivity contribution >= 4 is 30.0 Å². The molecule has 1 unspecified atom stereocenters. The van der Waals surface area contributed by atoms with E-state index >= 15 is 0 Å². The van der Waals surface area contributed by atoms with Gasteiger partial charge >= 0.3 is 0 Å². The highest BCUT2D eigenvalue weighted by Crippen LogP contribution is 2.30. The molecule has 2 nitrogen and oxygen atoms in total. The van der Waals surface area contributed by atoms with E-state index in [1.165, 1.54) is 0 Å². The third-order valence-electron chi connectivity index (χ3n) is 3.29. The number of Topliss-reactive ketones (excluding diaryl/α,β-unsaturated/α-hetero) is 1. The van der Waals surface area contributed by atoms with Gasteiger partial charge in [0.15, 0.2) is 14.1 Å². The first-order valence-corrected chi connectivity index (χ1v) is 11.7. The van der Waals surface area contributed by atoms with Crippen molar-refractivity contribution in [3.63, 3.8) is 0 Å². The number of benzene rings is 2. The van der Waals surface area contributed by atoms with E-state index in [1.807, 2.05) is 42.5 Å². The maximum Gasteiger partial charge on any atom is 0.191 e. The standard InChI is InChI=1S/C19H21BrO2Si/c1-14(18(21)15-10-12-17(20)13-11-15)19(22-23(2,3)4)16-8-6-5-7-9-16/h5-13,19H,1H2,2-4H3. The first-order chi connectivity index (χ1) is 10.8. The Labute approximate surface area is 147 Å². The molecule has 0 heterocycles. The molecule has 4 heteroatoms. The summed E-state index contributed by atoms with van der Waals surface area (Å²) in [6.07, 6.45) is -0.404. The molecule has 0 bridgehead atoms. The van der Waals surface area contributed by atoms with Gasteiger partial charge in [-0.15, -0.1) is 0 Å². The van der Waals surface area contributed by atoms with Gasteiger partial charge in [-0.1, -0.05) is 52.8 Å². The predicted octanol–water partition coefficient (Wildman–Crippen LogP) is 5.78. The van der Waals surface area contributed by atoms with Crippen molar-refractivity contribution in [2.75, 3.05) is 0 Å². The summed E-state index contributed by atoms with van der Waals surface area (Å²) >= 11 is 3.38. The first-order valence-electron chi connectivity index (χ1n) is 7.50. The van der Waals surface area contributed by atoms with E-state index in [1.54, 1.807) is 12.1 Å². The van der Waals surface area contributed by atoms with Crippen LogP contribution in [-0.2, 0) is 4.43 Å². The SMILES string of the molecule is C=C(C(=O)c1ccc(Br)cc1)C(O[Si](C)(C)C)c1ccccc1. The highest BCUT2D eigenvalue weighted by Gasteiger charge is 2.28. The maximum absolute atomic E-state index is 12.8. The van der Waals surface area contributed by atoms with E-state index in [-0.39, 0.29) is 5.78 Å². The van der Waals surface area contributed by atoms with Crippen LogP contribution in [0.15, 0.2) is 71.2 Å². The summed E-state index contributed by atoms with van der Waals surface area (Å²) in [5.74, 6) is -0.0791. The van der Waals surface area contributed by atoms with E-state index < -0.39 is 14.4 Å². The van der Waals surface area contributed by atoms with Gasteiger partial charge in [0.2, 0.25) is 0 Å². The molecule has 0 aliphatic rings. The molecule has 0 aromatic heterocycles. The van der Waals surface area contributed by atoms with E-state index in [9.17, 15) is 4.79 Å². The number of hydrogen-bond acceptors (Lipinski definition) is 2. The zero-order valence-corrected chi connectivity index (χ0v) is 16.3. The minimum absolute atomic E-state index is 0.0791. The Morgan fingerprint density at radius 2 is 1.61 bits per heavy atom. The number of halogens is 1. The average molecular weight is 389 g/mol. The van der Waals surface area contributed by atoms with Crippen molar-refractivity contribution in [2.24, 2.45) is 0 Å². The van der Waals surface area contributed by atoms with Crippen molar-refractivity contribution in [1.82, 2.24) is 0 Å². The van der Waals surface area contributed by atoms with Crippen LogP contribution in [-0.4, -0.2) is 14.1 Å². The van der Waals surface area contributed by atoms with Gasteiger partial charge in [0, 0.05) is 15.6 Å². The zero-order chi connectivity index (χ0) is 17.0. The summed E-state index contributed by atoms with van der Waals surface area (Å²) in [5.41, 5.74) is 2.06. The van der Waals surface area contributed by atoms with Crippen LogP contribution in [0.3, 0.4) is 0 Å². The summed E-state index contributed by atoms with van der Waals surface area (Å²) in [4.78, 5) is 12.8. The van der Waals surface area contributed by atoms with Crippen molar-refractivity contribution in [1.29, 1.82) is 0 Å². The molecule has 0 saturated heterocycles. The Hall–Kier alpha value is -1.49. The first kappa shape index (κ1) is 17.9. The molecular weight excluding hydrogens is 368 g/mol. The van der Waals surface area contributed by atoms with Crippen molar-refractivity contribution in [3.05, 3.63) is 82.3 Å². The van der Waals surface area contributed by atoms with Gasteiger partial charge in [-0.05, 0) is 49.5 Å². The molecule has 1 atom stereocenters. The van der Waals surface area contributed by atoms with Crippen LogP contribution in [0.4, 0.5) is 0 Å². The van der Waals surface area contributed by atoms with Gasteiger partial charge in [0.1, 0.15) is 0 Å². The van der Waals surface area contributed by atoms with E-state index in [0.717, 1.165) is 10.0 Å². The summed E-state index contributed by atoms with van der Waals surface area (Å²) < 4.78 is 7.20. The Morgan fingerprint density at radius 1 is 1.04 bits per heavy atom. The van der Waals surface area contributed by atoms with Crippen molar-refractivity contribution < 1.29 is 9.22 Å². The van der Waals surface area contributed by atoms with Gasteiger partial charge in [-0.3, -0.25) is 4.79 Å². The van der Waals surface area contributed by atoms with Crippen LogP contribution in [0, 0.1) is 0 Å². The molecule has 0 radical (unpaired) electrons. The smallest absolute Gasteiger partial charge is 0.191 e. The zero-order valence-electron chi connectivity index (χ0n) is 13.7. The number of carbonyl (C=O) groups excluding carboxylic acids is 1. The highest BCUT2D eigenvalue weighted by molar-refractivity contribution is 9.10. The largest absolute Gasteiger partial charge is 0.407 e. The molecule has 23 heavy (non-hydrogen) atoms.